The van der Waals surface area contributed by atoms with Gasteiger partial charge in [-0.15, -0.1) is 0 Å². The van der Waals surface area contributed by atoms with Crippen molar-refractivity contribution in [3.63, 3.8) is 0 Å². The molecule has 5 fully saturated rings. The van der Waals surface area contributed by atoms with E-state index in [0.29, 0.717) is 0 Å². The highest BCUT2D eigenvalue weighted by Gasteiger charge is 2.47. The highest BCUT2D eigenvalue weighted by Crippen LogP contribution is 2.53. The molecule has 17 heavy (non-hydrogen) atoms. The predicted octanol–water partition coefficient (Wildman–Crippen LogP) is 3.15. The Morgan fingerprint density at radius 1 is 0.941 bits per heavy atom. The van der Waals surface area contributed by atoms with E-state index in [1.54, 1.807) is 32.1 Å². The van der Waals surface area contributed by atoms with Crippen molar-refractivity contribution in [2.75, 3.05) is 18.1 Å². The van der Waals surface area contributed by atoms with Crippen LogP contribution in [0.3, 0.4) is 0 Å². The molecule has 0 spiro atoms. The van der Waals surface area contributed by atoms with Crippen molar-refractivity contribution in [2.45, 2.75) is 44.6 Å². The highest BCUT2D eigenvalue weighted by molar-refractivity contribution is 7.99. The smallest absolute Gasteiger partial charge is 0.0124 e. The maximum absolute atomic E-state index is 3.99. The second-order valence-electron chi connectivity index (χ2n) is 7.09. The standard InChI is InChI=1S/C15H25NS/c1-2-17-9-10(1)8-16-15-13-4-11-3-12(6-13)7-14(15)5-11/h10-16H,1-9H2. The molecule has 0 amide bonds. The summed E-state index contributed by atoms with van der Waals surface area (Å²) in [7, 11) is 0. The van der Waals surface area contributed by atoms with Crippen LogP contribution in [-0.4, -0.2) is 24.1 Å². The third-order valence-electron chi connectivity index (χ3n) is 5.89. The van der Waals surface area contributed by atoms with Gasteiger partial charge in [0.05, 0.1) is 0 Å². The molecule has 0 aromatic rings. The van der Waals surface area contributed by atoms with E-state index in [-0.39, 0.29) is 0 Å². The molecule has 5 aliphatic rings. The van der Waals surface area contributed by atoms with Gasteiger partial charge in [0.15, 0.2) is 0 Å². The molecule has 1 atom stereocenters. The quantitative estimate of drug-likeness (QED) is 0.827. The molecule has 1 heterocycles. The van der Waals surface area contributed by atoms with Crippen LogP contribution >= 0.6 is 11.8 Å². The lowest BCUT2D eigenvalue weighted by Crippen LogP contribution is -2.55. The Morgan fingerprint density at radius 3 is 2.24 bits per heavy atom. The molecular formula is C15H25NS. The maximum Gasteiger partial charge on any atom is 0.0124 e. The first-order valence-corrected chi connectivity index (χ1v) is 8.85. The Morgan fingerprint density at radius 2 is 1.65 bits per heavy atom. The minimum absolute atomic E-state index is 0.911. The fraction of sp³-hybridized carbons (Fsp3) is 1.00. The van der Waals surface area contributed by atoms with Crippen LogP contribution < -0.4 is 5.32 Å². The van der Waals surface area contributed by atoms with Crippen molar-refractivity contribution in [3.8, 4) is 0 Å². The minimum Gasteiger partial charge on any atom is -0.313 e. The summed E-state index contributed by atoms with van der Waals surface area (Å²) < 4.78 is 0. The first-order chi connectivity index (χ1) is 8.38. The molecule has 4 aliphatic carbocycles. The molecule has 1 aliphatic heterocycles. The number of hydrogen-bond acceptors (Lipinski definition) is 2. The SMILES string of the molecule is C1CC(CNC2C3CC4CC(C3)CC2C4)CS1. The zero-order valence-electron chi connectivity index (χ0n) is 10.7. The van der Waals surface area contributed by atoms with Crippen molar-refractivity contribution in [2.24, 2.45) is 29.6 Å². The van der Waals surface area contributed by atoms with Crippen molar-refractivity contribution in [1.82, 2.24) is 5.32 Å². The largest absolute Gasteiger partial charge is 0.313 e. The Labute approximate surface area is 109 Å². The van der Waals surface area contributed by atoms with Gasteiger partial charge in [-0.3, -0.25) is 0 Å². The van der Waals surface area contributed by atoms with Crippen molar-refractivity contribution in [3.05, 3.63) is 0 Å². The summed E-state index contributed by atoms with van der Waals surface area (Å²) in [6.45, 7) is 1.32. The number of hydrogen-bond donors (Lipinski definition) is 1. The van der Waals surface area contributed by atoms with E-state index in [0.717, 1.165) is 35.6 Å². The topological polar surface area (TPSA) is 12.0 Å². The van der Waals surface area contributed by atoms with Gasteiger partial charge in [-0.05, 0) is 86.2 Å². The second kappa shape index (κ2) is 4.45. The molecule has 2 heteroatoms. The number of rotatable bonds is 3. The van der Waals surface area contributed by atoms with E-state index in [4.69, 9.17) is 0 Å². The molecule has 0 aromatic heterocycles. The average molecular weight is 251 g/mol. The lowest BCUT2D eigenvalue weighted by molar-refractivity contribution is -0.0145. The van der Waals surface area contributed by atoms with Gasteiger partial charge >= 0.3 is 0 Å². The molecule has 0 aromatic carbocycles. The molecular weight excluding hydrogens is 226 g/mol. The summed E-state index contributed by atoms with van der Waals surface area (Å²) in [6, 6.07) is 0.911. The zero-order chi connectivity index (χ0) is 11.2. The van der Waals surface area contributed by atoms with E-state index in [9.17, 15) is 0 Å². The summed E-state index contributed by atoms with van der Waals surface area (Å²) in [6.07, 6.45) is 9.28. The van der Waals surface area contributed by atoms with Crippen LogP contribution in [0.5, 0.6) is 0 Å². The number of nitrogens with one attached hydrogen (secondary N) is 1. The summed E-state index contributed by atoms with van der Waals surface area (Å²) in [5.41, 5.74) is 0. The summed E-state index contributed by atoms with van der Waals surface area (Å²) in [5, 5.41) is 3.99. The molecule has 1 saturated heterocycles. The van der Waals surface area contributed by atoms with Crippen LogP contribution in [-0.2, 0) is 0 Å². The normalized spacial score (nSPS) is 52.2. The third-order valence-corrected chi connectivity index (χ3v) is 7.12. The monoisotopic (exact) mass is 251 g/mol. The summed E-state index contributed by atoms with van der Waals surface area (Å²) >= 11 is 2.16. The highest BCUT2D eigenvalue weighted by atomic mass is 32.2. The Bertz CT molecular complexity index is 257. The first kappa shape index (κ1) is 11.2. The molecule has 96 valence electrons. The Kier molecular flexibility index (Phi) is 2.92. The van der Waals surface area contributed by atoms with Gasteiger partial charge < -0.3 is 5.32 Å². The van der Waals surface area contributed by atoms with Crippen LogP contribution in [0.15, 0.2) is 0 Å². The summed E-state index contributed by atoms with van der Waals surface area (Å²) in [4.78, 5) is 0. The molecule has 0 radical (unpaired) electrons. The van der Waals surface area contributed by atoms with Gasteiger partial charge in [-0.25, -0.2) is 0 Å². The summed E-state index contributed by atoms with van der Waals surface area (Å²) in [5.74, 6) is 8.17. The zero-order valence-corrected chi connectivity index (χ0v) is 11.6. The van der Waals surface area contributed by atoms with Crippen LogP contribution in [0.4, 0.5) is 0 Å². The minimum atomic E-state index is 0.911. The van der Waals surface area contributed by atoms with Crippen molar-refractivity contribution >= 4 is 11.8 Å². The van der Waals surface area contributed by atoms with E-state index < -0.39 is 0 Å². The van der Waals surface area contributed by atoms with Crippen LogP contribution in [0.1, 0.15) is 38.5 Å². The van der Waals surface area contributed by atoms with E-state index in [2.05, 4.69) is 17.1 Å². The molecule has 5 rings (SSSR count). The second-order valence-corrected chi connectivity index (χ2v) is 8.24. The van der Waals surface area contributed by atoms with E-state index in [1.165, 1.54) is 24.5 Å². The first-order valence-electron chi connectivity index (χ1n) is 7.69. The fourth-order valence-corrected chi connectivity index (χ4v) is 6.59. The Balaban J connectivity index is 1.37. The van der Waals surface area contributed by atoms with Crippen LogP contribution in [0, 0.1) is 29.6 Å². The molecule has 4 bridgehead atoms. The average Bonchev–Trinajstić information content (AvgIpc) is 2.80. The van der Waals surface area contributed by atoms with E-state index >= 15 is 0 Å². The van der Waals surface area contributed by atoms with E-state index in [1.807, 2.05) is 0 Å². The Hall–Kier alpha value is 0.310. The lowest BCUT2D eigenvalue weighted by Gasteiger charge is -2.54. The molecule has 1 nitrogen and oxygen atoms in total. The van der Waals surface area contributed by atoms with Crippen LogP contribution in [0.2, 0.25) is 0 Å². The van der Waals surface area contributed by atoms with Crippen molar-refractivity contribution in [1.29, 1.82) is 0 Å². The van der Waals surface area contributed by atoms with Gasteiger partial charge in [0.1, 0.15) is 0 Å². The van der Waals surface area contributed by atoms with Gasteiger partial charge in [0.2, 0.25) is 0 Å². The third kappa shape index (κ3) is 2.06. The van der Waals surface area contributed by atoms with Gasteiger partial charge in [0.25, 0.3) is 0 Å². The fourth-order valence-electron chi connectivity index (χ4n) is 5.31. The van der Waals surface area contributed by atoms with Gasteiger partial charge in [-0.2, -0.15) is 11.8 Å². The van der Waals surface area contributed by atoms with Gasteiger partial charge in [0, 0.05) is 6.04 Å². The van der Waals surface area contributed by atoms with Gasteiger partial charge in [-0.1, -0.05) is 0 Å². The van der Waals surface area contributed by atoms with Crippen molar-refractivity contribution < 1.29 is 0 Å². The molecule has 4 saturated carbocycles. The maximum atomic E-state index is 3.99. The van der Waals surface area contributed by atoms with Crippen LogP contribution in [0.25, 0.3) is 0 Å². The molecule has 1 unspecified atom stereocenters. The predicted molar refractivity (Wildman–Crippen MR) is 74.3 cm³/mol. The lowest BCUT2D eigenvalue weighted by atomic mass is 9.54. The molecule has 1 N–H and O–H groups in total. The number of thioether (sulfide) groups is 1.